The molecule has 0 amide bonds. The van der Waals surface area contributed by atoms with E-state index in [1.54, 1.807) is 12.4 Å². The molecule has 4 heteroatoms. The molecule has 3 rings (SSSR count). The second-order valence-corrected chi connectivity index (χ2v) is 4.51. The van der Waals surface area contributed by atoms with E-state index in [2.05, 4.69) is 9.97 Å². The lowest BCUT2D eigenvalue weighted by molar-refractivity contribution is 0.305. The van der Waals surface area contributed by atoms with Gasteiger partial charge in [-0.1, -0.05) is 18.2 Å². The minimum Gasteiger partial charge on any atom is -0.487 e. The zero-order valence-electron chi connectivity index (χ0n) is 11.0. The number of para-hydroxylation sites is 1. The highest BCUT2D eigenvalue weighted by molar-refractivity contribution is 5.79. The van der Waals surface area contributed by atoms with Crippen LogP contribution in [0.4, 0.5) is 0 Å². The van der Waals surface area contributed by atoms with Gasteiger partial charge in [0, 0.05) is 18.1 Å². The van der Waals surface area contributed by atoms with Crippen LogP contribution in [-0.2, 0) is 13.2 Å². The molecule has 0 aliphatic carbocycles. The van der Waals surface area contributed by atoms with Gasteiger partial charge in [-0.2, -0.15) is 0 Å². The molecule has 4 nitrogen and oxygen atoms in total. The van der Waals surface area contributed by atoms with E-state index in [1.165, 1.54) is 0 Å². The summed E-state index contributed by atoms with van der Waals surface area (Å²) in [7, 11) is 0. The predicted molar refractivity (Wildman–Crippen MR) is 78.2 cm³/mol. The van der Waals surface area contributed by atoms with Gasteiger partial charge in [-0.15, -0.1) is 0 Å². The average Bonchev–Trinajstić information content (AvgIpc) is 2.53. The van der Waals surface area contributed by atoms with Gasteiger partial charge in [-0.05, 0) is 29.8 Å². The van der Waals surface area contributed by atoms with Crippen molar-refractivity contribution in [3.63, 3.8) is 0 Å². The molecule has 100 valence electrons. The Labute approximate surface area is 117 Å². The summed E-state index contributed by atoms with van der Waals surface area (Å²) in [5.41, 5.74) is 8.46. The molecule has 0 fully saturated rings. The molecule has 1 aromatic carbocycles. The summed E-state index contributed by atoms with van der Waals surface area (Å²) in [5.74, 6) is 0.759. The predicted octanol–water partition coefficient (Wildman–Crippen LogP) is 2.67. The Morgan fingerprint density at radius 2 is 1.95 bits per heavy atom. The van der Waals surface area contributed by atoms with Crippen LogP contribution in [0.15, 0.2) is 54.9 Å². The average molecular weight is 265 g/mol. The molecule has 20 heavy (non-hydrogen) atoms. The van der Waals surface area contributed by atoms with Gasteiger partial charge >= 0.3 is 0 Å². The van der Waals surface area contributed by atoms with Crippen LogP contribution >= 0.6 is 0 Å². The number of nitrogens with zero attached hydrogens (tertiary/aromatic N) is 2. The summed E-state index contributed by atoms with van der Waals surface area (Å²) in [6, 6.07) is 13.8. The van der Waals surface area contributed by atoms with Crippen LogP contribution in [-0.4, -0.2) is 9.97 Å². The van der Waals surface area contributed by atoms with Gasteiger partial charge in [0.1, 0.15) is 12.4 Å². The third-order valence-electron chi connectivity index (χ3n) is 3.06. The van der Waals surface area contributed by atoms with Gasteiger partial charge in [0.2, 0.25) is 0 Å². The van der Waals surface area contributed by atoms with E-state index < -0.39 is 0 Å². The largest absolute Gasteiger partial charge is 0.487 e. The summed E-state index contributed by atoms with van der Waals surface area (Å²) < 4.78 is 5.77. The van der Waals surface area contributed by atoms with Gasteiger partial charge in [0.05, 0.1) is 17.4 Å². The molecule has 0 spiro atoms. The molecule has 2 N–H and O–H groups in total. The Bertz CT molecular complexity index is 727. The van der Waals surface area contributed by atoms with Crippen molar-refractivity contribution in [2.75, 3.05) is 0 Å². The minimum absolute atomic E-state index is 0.436. The number of hydrogen-bond acceptors (Lipinski definition) is 4. The molecular formula is C16H15N3O. The van der Waals surface area contributed by atoms with Crippen molar-refractivity contribution in [2.45, 2.75) is 13.2 Å². The van der Waals surface area contributed by atoms with E-state index in [1.807, 2.05) is 42.5 Å². The van der Waals surface area contributed by atoms with E-state index in [0.29, 0.717) is 13.2 Å². The standard InChI is InChI=1S/C16H15N3O/c17-9-14-7-12(5-6-18-14)11-20-15-8-13-3-1-2-4-16(13)19-10-15/h1-8,10H,9,11,17H2. The summed E-state index contributed by atoms with van der Waals surface area (Å²) in [4.78, 5) is 8.53. The number of fused-ring (bicyclic) bond motifs is 1. The second kappa shape index (κ2) is 5.67. The number of benzene rings is 1. The third kappa shape index (κ3) is 2.75. The topological polar surface area (TPSA) is 61.0 Å². The van der Waals surface area contributed by atoms with Crippen molar-refractivity contribution >= 4 is 10.9 Å². The molecular weight excluding hydrogens is 250 g/mol. The lowest BCUT2D eigenvalue weighted by atomic mass is 10.2. The molecule has 0 unspecified atom stereocenters. The summed E-state index contributed by atoms with van der Waals surface area (Å²) in [5, 5.41) is 1.07. The van der Waals surface area contributed by atoms with Crippen molar-refractivity contribution in [3.05, 3.63) is 66.1 Å². The first-order chi connectivity index (χ1) is 9.85. The maximum absolute atomic E-state index is 5.77. The number of pyridine rings is 2. The van der Waals surface area contributed by atoms with E-state index in [0.717, 1.165) is 27.9 Å². The van der Waals surface area contributed by atoms with Crippen molar-refractivity contribution < 1.29 is 4.74 Å². The first-order valence-electron chi connectivity index (χ1n) is 6.46. The smallest absolute Gasteiger partial charge is 0.138 e. The Morgan fingerprint density at radius 3 is 2.85 bits per heavy atom. The molecule has 0 saturated carbocycles. The molecule has 0 bridgehead atoms. The highest BCUT2D eigenvalue weighted by Gasteiger charge is 2.00. The monoisotopic (exact) mass is 265 g/mol. The fourth-order valence-corrected chi connectivity index (χ4v) is 2.03. The van der Waals surface area contributed by atoms with Gasteiger partial charge in [0.25, 0.3) is 0 Å². The first kappa shape index (κ1) is 12.6. The molecule has 2 heterocycles. The van der Waals surface area contributed by atoms with E-state index >= 15 is 0 Å². The summed E-state index contributed by atoms with van der Waals surface area (Å²) >= 11 is 0. The van der Waals surface area contributed by atoms with Crippen molar-refractivity contribution in [1.29, 1.82) is 0 Å². The Kier molecular flexibility index (Phi) is 3.56. The van der Waals surface area contributed by atoms with Crippen LogP contribution in [0.5, 0.6) is 5.75 Å². The quantitative estimate of drug-likeness (QED) is 0.787. The van der Waals surface area contributed by atoms with E-state index in [9.17, 15) is 0 Å². The third-order valence-corrected chi connectivity index (χ3v) is 3.06. The molecule has 2 aromatic heterocycles. The van der Waals surface area contributed by atoms with Crippen LogP contribution in [0.1, 0.15) is 11.3 Å². The number of ether oxygens (including phenoxy) is 1. The number of aromatic nitrogens is 2. The van der Waals surface area contributed by atoms with Crippen molar-refractivity contribution in [1.82, 2.24) is 9.97 Å². The minimum atomic E-state index is 0.436. The summed E-state index contributed by atoms with van der Waals surface area (Å²) in [6.07, 6.45) is 3.49. The highest BCUT2D eigenvalue weighted by atomic mass is 16.5. The van der Waals surface area contributed by atoms with Gasteiger partial charge in [-0.3, -0.25) is 9.97 Å². The Hall–Kier alpha value is -2.46. The fourth-order valence-electron chi connectivity index (χ4n) is 2.03. The Balaban J connectivity index is 1.76. The van der Waals surface area contributed by atoms with Crippen LogP contribution in [0, 0.1) is 0 Å². The van der Waals surface area contributed by atoms with Crippen LogP contribution in [0.25, 0.3) is 10.9 Å². The SMILES string of the molecule is NCc1cc(COc2cnc3ccccc3c2)ccn1. The number of nitrogens with two attached hydrogens (primary N) is 1. The van der Waals surface area contributed by atoms with E-state index in [4.69, 9.17) is 10.5 Å². The Morgan fingerprint density at radius 1 is 1.05 bits per heavy atom. The van der Waals surface area contributed by atoms with Crippen LogP contribution in [0.2, 0.25) is 0 Å². The lowest BCUT2D eigenvalue weighted by Gasteiger charge is -2.07. The highest BCUT2D eigenvalue weighted by Crippen LogP contribution is 2.18. The molecule has 3 aromatic rings. The molecule has 0 saturated heterocycles. The second-order valence-electron chi connectivity index (χ2n) is 4.51. The maximum Gasteiger partial charge on any atom is 0.138 e. The van der Waals surface area contributed by atoms with Crippen molar-refractivity contribution in [2.24, 2.45) is 5.73 Å². The maximum atomic E-state index is 5.77. The molecule has 0 aliphatic heterocycles. The number of rotatable bonds is 4. The molecule has 0 aliphatic rings. The molecule has 0 radical (unpaired) electrons. The normalized spacial score (nSPS) is 10.7. The van der Waals surface area contributed by atoms with Gasteiger partial charge < -0.3 is 10.5 Å². The molecule has 0 atom stereocenters. The van der Waals surface area contributed by atoms with Crippen LogP contribution in [0.3, 0.4) is 0 Å². The zero-order valence-corrected chi connectivity index (χ0v) is 11.0. The first-order valence-corrected chi connectivity index (χ1v) is 6.46. The number of hydrogen-bond donors (Lipinski definition) is 1. The lowest BCUT2D eigenvalue weighted by Crippen LogP contribution is -2.02. The zero-order chi connectivity index (χ0) is 13.8. The van der Waals surface area contributed by atoms with Crippen molar-refractivity contribution in [3.8, 4) is 5.75 Å². The van der Waals surface area contributed by atoms with Gasteiger partial charge in [0.15, 0.2) is 0 Å². The van der Waals surface area contributed by atoms with Crippen LogP contribution < -0.4 is 10.5 Å². The van der Waals surface area contributed by atoms with E-state index in [-0.39, 0.29) is 0 Å². The fraction of sp³-hybridized carbons (Fsp3) is 0.125. The van der Waals surface area contributed by atoms with Gasteiger partial charge in [-0.25, -0.2) is 0 Å². The summed E-state index contributed by atoms with van der Waals surface area (Å²) in [6.45, 7) is 0.918.